The normalized spacial score (nSPS) is 12.2. The summed E-state index contributed by atoms with van der Waals surface area (Å²) in [5.41, 5.74) is 9.82. The van der Waals surface area contributed by atoms with Crippen LogP contribution in [0.15, 0.2) is 42.5 Å². The number of para-hydroxylation sites is 1. The summed E-state index contributed by atoms with van der Waals surface area (Å²) >= 11 is 6.09. The van der Waals surface area contributed by atoms with Gasteiger partial charge in [0.05, 0.1) is 11.6 Å². The molecule has 0 amide bonds. The second kappa shape index (κ2) is 7.48. The van der Waals surface area contributed by atoms with Crippen molar-refractivity contribution in [2.75, 3.05) is 13.2 Å². The van der Waals surface area contributed by atoms with E-state index in [4.69, 9.17) is 22.1 Å². The maximum atomic E-state index is 6.09. The molecule has 2 aromatic rings. The Hall–Kier alpha value is -1.51. The van der Waals surface area contributed by atoms with Crippen LogP contribution in [0.1, 0.15) is 29.0 Å². The van der Waals surface area contributed by atoms with Gasteiger partial charge in [-0.15, -0.1) is 0 Å². The molecule has 0 saturated heterocycles. The average molecular weight is 304 g/mol. The fraction of sp³-hybridized carbons (Fsp3) is 0.333. The lowest BCUT2D eigenvalue weighted by Crippen LogP contribution is -2.16. The van der Waals surface area contributed by atoms with Gasteiger partial charge in [0.2, 0.25) is 0 Å². The summed E-state index contributed by atoms with van der Waals surface area (Å²) in [7, 11) is 0. The maximum Gasteiger partial charge on any atom is 0.137 e. The first kappa shape index (κ1) is 15.9. The highest BCUT2D eigenvalue weighted by Gasteiger charge is 2.13. The van der Waals surface area contributed by atoms with E-state index < -0.39 is 0 Å². The lowest BCUT2D eigenvalue weighted by atomic mass is 9.91. The SMILES string of the molecule is Cc1ccc(C)c(C(CN)CCOc2ccccc2Cl)c1. The molecule has 2 nitrogen and oxygen atoms in total. The number of halogens is 1. The fourth-order valence-electron chi connectivity index (χ4n) is 2.47. The van der Waals surface area contributed by atoms with Gasteiger partial charge in [-0.3, -0.25) is 0 Å². The molecule has 0 aliphatic heterocycles. The molecule has 0 aliphatic rings. The molecule has 0 saturated carbocycles. The number of hydrogen-bond donors (Lipinski definition) is 1. The van der Waals surface area contributed by atoms with Gasteiger partial charge in [0.15, 0.2) is 0 Å². The summed E-state index contributed by atoms with van der Waals surface area (Å²) in [6.45, 7) is 5.47. The van der Waals surface area contributed by atoms with E-state index in [2.05, 4.69) is 32.0 Å². The zero-order valence-electron chi connectivity index (χ0n) is 12.6. The van der Waals surface area contributed by atoms with E-state index in [0.29, 0.717) is 24.1 Å². The molecule has 2 rings (SSSR count). The molecule has 1 unspecified atom stereocenters. The highest BCUT2D eigenvalue weighted by Crippen LogP contribution is 2.26. The zero-order chi connectivity index (χ0) is 15.2. The monoisotopic (exact) mass is 303 g/mol. The quantitative estimate of drug-likeness (QED) is 0.854. The second-order valence-corrected chi connectivity index (χ2v) is 5.77. The van der Waals surface area contributed by atoms with Gasteiger partial charge in [0.1, 0.15) is 5.75 Å². The summed E-state index contributed by atoms with van der Waals surface area (Å²) in [5, 5.41) is 0.647. The highest BCUT2D eigenvalue weighted by molar-refractivity contribution is 6.32. The molecule has 21 heavy (non-hydrogen) atoms. The first-order valence-electron chi connectivity index (χ1n) is 7.26. The Morgan fingerprint density at radius 1 is 1.14 bits per heavy atom. The maximum absolute atomic E-state index is 6.09. The third-order valence-corrected chi connectivity index (χ3v) is 4.03. The van der Waals surface area contributed by atoms with Crippen LogP contribution in [0.4, 0.5) is 0 Å². The van der Waals surface area contributed by atoms with Crippen molar-refractivity contribution in [2.45, 2.75) is 26.2 Å². The molecule has 2 aromatic carbocycles. The number of rotatable bonds is 6. The number of hydrogen-bond acceptors (Lipinski definition) is 2. The van der Waals surface area contributed by atoms with Gasteiger partial charge in [-0.1, -0.05) is 47.5 Å². The molecule has 0 aromatic heterocycles. The average Bonchev–Trinajstić information content (AvgIpc) is 2.48. The minimum absolute atomic E-state index is 0.312. The van der Waals surface area contributed by atoms with E-state index in [1.165, 1.54) is 16.7 Å². The molecule has 0 heterocycles. The fourth-order valence-corrected chi connectivity index (χ4v) is 2.66. The van der Waals surface area contributed by atoms with Gasteiger partial charge in [0, 0.05) is 0 Å². The second-order valence-electron chi connectivity index (χ2n) is 5.36. The lowest BCUT2D eigenvalue weighted by molar-refractivity contribution is 0.298. The van der Waals surface area contributed by atoms with Crippen LogP contribution in [-0.2, 0) is 0 Å². The molecular formula is C18H22ClNO. The van der Waals surface area contributed by atoms with Crippen molar-refractivity contribution < 1.29 is 4.74 Å². The van der Waals surface area contributed by atoms with E-state index in [1.807, 2.05) is 24.3 Å². The van der Waals surface area contributed by atoms with Crippen LogP contribution in [0.5, 0.6) is 5.75 Å². The van der Waals surface area contributed by atoms with Gasteiger partial charge in [-0.05, 0) is 56.0 Å². The lowest BCUT2D eigenvalue weighted by Gasteiger charge is -2.19. The van der Waals surface area contributed by atoms with Crippen molar-refractivity contribution in [3.05, 3.63) is 64.2 Å². The predicted molar refractivity (Wildman–Crippen MR) is 89.3 cm³/mol. The highest BCUT2D eigenvalue weighted by atomic mass is 35.5. The van der Waals surface area contributed by atoms with Crippen molar-refractivity contribution in [1.82, 2.24) is 0 Å². The first-order valence-corrected chi connectivity index (χ1v) is 7.64. The van der Waals surface area contributed by atoms with Gasteiger partial charge in [0.25, 0.3) is 0 Å². The first-order chi connectivity index (χ1) is 10.1. The van der Waals surface area contributed by atoms with Crippen LogP contribution in [0.2, 0.25) is 5.02 Å². The summed E-state index contributed by atoms with van der Waals surface area (Å²) < 4.78 is 5.77. The molecule has 0 fully saturated rings. The van der Waals surface area contributed by atoms with Crippen LogP contribution in [-0.4, -0.2) is 13.2 Å². The predicted octanol–water partition coefficient (Wildman–Crippen LogP) is 4.47. The smallest absolute Gasteiger partial charge is 0.137 e. The van der Waals surface area contributed by atoms with Gasteiger partial charge in [-0.2, -0.15) is 0 Å². The molecule has 1 atom stereocenters. The third kappa shape index (κ3) is 4.23. The Labute approximate surface area is 131 Å². The zero-order valence-corrected chi connectivity index (χ0v) is 13.4. The number of aryl methyl sites for hydroxylation is 2. The summed E-state index contributed by atoms with van der Waals surface area (Å²) in [4.78, 5) is 0. The van der Waals surface area contributed by atoms with Crippen molar-refractivity contribution in [2.24, 2.45) is 5.73 Å². The Balaban J connectivity index is 2.00. The molecule has 112 valence electrons. The molecule has 0 bridgehead atoms. The Morgan fingerprint density at radius 3 is 2.62 bits per heavy atom. The molecule has 3 heteroatoms. The Bertz CT molecular complexity index is 598. The Kier molecular flexibility index (Phi) is 5.66. The van der Waals surface area contributed by atoms with E-state index in [9.17, 15) is 0 Å². The third-order valence-electron chi connectivity index (χ3n) is 3.72. The van der Waals surface area contributed by atoms with Crippen LogP contribution in [0, 0.1) is 13.8 Å². The van der Waals surface area contributed by atoms with E-state index in [1.54, 1.807) is 0 Å². The molecule has 0 radical (unpaired) electrons. The standard InChI is InChI=1S/C18H22ClNO/c1-13-7-8-14(2)16(11-13)15(12-20)9-10-21-18-6-4-3-5-17(18)19/h3-8,11,15H,9-10,12,20H2,1-2H3. The Morgan fingerprint density at radius 2 is 1.90 bits per heavy atom. The minimum atomic E-state index is 0.312. The van der Waals surface area contributed by atoms with Crippen LogP contribution >= 0.6 is 11.6 Å². The van der Waals surface area contributed by atoms with Crippen LogP contribution < -0.4 is 10.5 Å². The summed E-state index contributed by atoms with van der Waals surface area (Å²) in [6.07, 6.45) is 0.881. The molecule has 0 spiro atoms. The molecule has 2 N–H and O–H groups in total. The van der Waals surface area contributed by atoms with Crippen molar-refractivity contribution in [1.29, 1.82) is 0 Å². The van der Waals surface area contributed by atoms with E-state index >= 15 is 0 Å². The van der Waals surface area contributed by atoms with Crippen molar-refractivity contribution in [3.8, 4) is 5.75 Å². The number of ether oxygens (including phenoxy) is 1. The molecule has 0 aliphatic carbocycles. The van der Waals surface area contributed by atoms with Gasteiger partial charge in [-0.25, -0.2) is 0 Å². The van der Waals surface area contributed by atoms with Crippen molar-refractivity contribution >= 4 is 11.6 Å². The topological polar surface area (TPSA) is 35.2 Å². The van der Waals surface area contributed by atoms with Crippen LogP contribution in [0.25, 0.3) is 0 Å². The van der Waals surface area contributed by atoms with E-state index in [0.717, 1.165) is 12.2 Å². The minimum Gasteiger partial charge on any atom is -0.492 e. The molecular weight excluding hydrogens is 282 g/mol. The van der Waals surface area contributed by atoms with Gasteiger partial charge < -0.3 is 10.5 Å². The van der Waals surface area contributed by atoms with E-state index in [-0.39, 0.29) is 0 Å². The summed E-state index contributed by atoms with van der Waals surface area (Å²) in [6, 6.07) is 14.1. The van der Waals surface area contributed by atoms with Crippen LogP contribution in [0.3, 0.4) is 0 Å². The van der Waals surface area contributed by atoms with Crippen molar-refractivity contribution in [3.63, 3.8) is 0 Å². The summed E-state index contributed by atoms with van der Waals surface area (Å²) in [5.74, 6) is 1.04. The number of nitrogens with two attached hydrogens (primary N) is 1. The largest absolute Gasteiger partial charge is 0.492 e. The van der Waals surface area contributed by atoms with Gasteiger partial charge >= 0.3 is 0 Å². The number of benzene rings is 2.